The van der Waals surface area contributed by atoms with Gasteiger partial charge in [0.15, 0.2) is 5.78 Å². The molecular weight excluding hydrogens is 268 g/mol. The molecule has 0 amide bonds. The third-order valence-corrected chi connectivity index (χ3v) is 1.67. The van der Waals surface area contributed by atoms with E-state index < -0.39 is 42.3 Å². The Bertz CT molecular complexity index is 312. The predicted molar refractivity (Wildman–Crippen MR) is 37.0 cm³/mol. The SMILES string of the molecule is O=C(C/C(F)=C/F)C(O)(C(F)(F)F)C(F)(F)F. The van der Waals surface area contributed by atoms with Crippen LogP contribution in [0.3, 0.4) is 0 Å². The molecule has 0 fully saturated rings. The third kappa shape index (κ3) is 2.93. The lowest BCUT2D eigenvalue weighted by Crippen LogP contribution is -2.62. The monoisotopic (exact) mass is 272 g/mol. The van der Waals surface area contributed by atoms with Gasteiger partial charge < -0.3 is 5.11 Å². The first-order valence-electron chi connectivity index (χ1n) is 3.71. The smallest absolute Gasteiger partial charge is 0.367 e. The first-order chi connectivity index (χ1) is 7.38. The van der Waals surface area contributed by atoms with Gasteiger partial charge in [-0.1, -0.05) is 0 Å². The quantitative estimate of drug-likeness (QED) is 0.802. The highest BCUT2D eigenvalue weighted by Gasteiger charge is 2.74. The van der Waals surface area contributed by atoms with Gasteiger partial charge in [0.05, 0.1) is 6.42 Å². The summed E-state index contributed by atoms with van der Waals surface area (Å²) in [6.45, 7) is 0. The standard InChI is InChI=1S/C7H4F8O2/c8-2-3(9)1-4(16)5(17,6(10,11)12)7(13,14)15/h2,17H,1H2/b3-2-. The fourth-order valence-electron chi connectivity index (χ4n) is 0.797. The Balaban J connectivity index is 5.46. The van der Waals surface area contributed by atoms with Crippen molar-refractivity contribution < 1.29 is 45.0 Å². The summed E-state index contributed by atoms with van der Waals surface area (Å²) in [4.78, 5) is 10.6. The van der Waals surface area contributed by atoms with Gasteiger partial charge in [0, 0.05) is 0 Å². The zero-order valence-electron chi connectivity index (χ0n) is 7.66. The number of rotatable bonds is 3. The summed E-state index contributed by atoms with van der Waals surface area (Å²) in [5, 5.41) is 8.38. The Morgan fingerprint density at radius 1 is 1.06 bits per heavy atom. The maximum absolute atomic E-state index is 12.1. The molecule has 0 saturated heterocycles. The summed E-state index contributed by atoms with van der Waals surface area (Å²) < 4.78 is 95.4. The van der Waals surface area contributed by atoms with Crippen LogP contribution in [0.2, 0.25) is 0 Å². The second kappa shape index (κ2) is 4.59. The van der Waals surface area contributed by atoms with Crippen molar-refractivity contribution in [3.05, 3.63) is 12.2 Å². The summed E-state index contributed by atoms with van der Waals surface area (Å²) in [5.41, 5.74) is -5.72. The fraction of sp³-hybridized carbons (Fsp3) is 0.571. The van der Waals surface area contributed by atoms with Crippen LogP contribution in [0, 0.1) is 0 Å². The van der Waals surface area contributed by atoms with Crippen LogP contribution in [-0.4, -0.2) is 28.8 Å². The number of aliphatic hydroxyl groups is 1. The molecule has 0 spiro atoms. The highest BCUT2D eigenvalue weighted by Crippen LogP contribution is 2.44. The number of halogens is 8. The van der Waals surface area contributed by atoms with Crippen LogP contribution < -0.4 is 0 Å². The maximum atomic E-state index is 12.1. The van der Waals surface area contributed by atoms with E-state index in [1.165, 1.54) is 0 Å². The van der Waals surface area contributed by atoms with Crippen LogP contribution >= 0.6 is 0 Å². The lowest BCUT2D eigenvalue weighted by Gasteiger charge is -2.30. The van der Waals surface area contributed by atoms with Gasteiger partial charge in [-0.3, -0.25) is 4.79 Å². The van der Waals surface area contributed by atoms with Gasteiger partial charge in [-0.25, -0.2) is 8.78 Å². The van der Waals surface area contributed by atoms with Crippen molar-refractivity contribution in [2.24, 2.45) is 0 Å². The predicted octanol–water partition coefficient (Wildman–Crippen LogP) is 2.58. The van der Waals surface area contributed by atoms with E-state index in [1.54, 1.807) is 0 Å². The molecule has 0 aliphatic heterocycles. The molecule has 0 rings (SSSR count). The van der Waals surface area contributed by atoms with Crippen LogP contribution in [-0.2, 0) is 4.79 Å². The van der Waals surface area contributed by atoms with E-state index in [9.17, 15) is 39.9 Å². The van der Waals surface area contributed by atoms with Crippen molar-refractivity contribution in [1.29, 1.82) is 0 Å². The first kappa shape index (κ1) is 15.8. The number of hydrogen-bond acceptors (Lipinski definition) is 2. The number of hydrogen-bond donors (Lipinski definition) is 1. The van der Waals surface area contributed by atoms with Crippen LogP contribution in [0.15, 0.2) is 12.2 Å². The number of allylic oxidation sites excluding steroid dienone is 1. The molecule has 100 valence electrons. The summed E-state index contributed by atoms with van der Waals surface area (Å²) in [6, 6.07) is 0. The highest BCUT2D eigenvalue weighted by molar-refractivity contribution is 5.90. The van der Waals surface area contributed by atoms with Crippen molar-refractivity contribution in [2.75, 3.05) is 0 Å². The second-order valence-electron chi connectivity index (χ2n) is 2.86. The first-order valence-corrected chi connectivity index (χ1v) is 3.71. The van der Waals surface area contributed by atoms with E-state index >= 15 is 0 Å². The molecule has 0 aromatic heterocycles. The topological polar surface area (TPSA) is 37.3 Å². The molecule has 2 nitrogen and oxygen atoms in total. The molecule has 0 radical (unpaired) electrons. The largest absolute Gasteiger partial charge is 0.433 e. The van der Waals surface area contributed by atoms with Gasteiger partial charge in [-0.2, -0.15) is 26.3 Å². The molecule has 0 aromatic rings. The van der Waals surface area contributed by atoms with Crippen LogP contribution in [0.4, 0.5) is 35.1 Å². The summed E-state index contributed by atoms with van der Waals surface area (Å²) >= 11 is 0. The molecule has 0 unspecified atom stereocenters. The zero-order valence-corrected chi connectivity index (χ0v) is 7.66. The summed E-state index contributed by atoms with van der Waals surface area (Å²) in [6.07, 6.45) is -15.9. The van der Waals surface area contributed by atoms with Crippen molar-refractivity contribution >= 4 is 5.78 Å². The van der Waals surface area contributed by atoms with Gasteiger partial charge in [-0.05, 0) is 0 Å². The van der Waals surface area contributed by atoms with E-state index in [-0.39, 0.29) is 0 Å². The second-order valence-corrected chi connectivity index (χ2v) is 2.86. The molecule has 0 aromatic carbocycles. The van der Waals surface area contributed by atoms with Gasteiger partial charge in [0.25, 0.3) is 0 Å². The van der Waals surface area contributed by atoms with Gasteiger partial charge in [0.2, 0.25) is 0 Å². The van der Waals surface area contributed by atoms with Crippen LogP contribution in [0.1, 0.15) is 6.42 Å². The molecule has 0 atom stereocenters. The van der Waals surface area contributed by atoms with Crippen molar-refractivity contribution in [1.82, 2.24) is 0 Å². The molecule has 0 bridgehead atoms. The Morgan fingerprint density at radius 2 is 1.41 bits per heavy atom. The molecule has 0 aliphatic rings. The van der Waals surface area contributed by atoms with Gasteiger partial charge in [-0.15, -0.1) is 0 Å². The minimum absolute atomic E-state index is 0.981. The summed E-state index contributed by atoms with van der Waals surface area (Å²) in [7, 11) is 0. The van der Waals surface area contributed by atoms with E-state index in [1.807, 2.05) is 0 Å². The van der Waals surface area contributed by atoms with Crippen molar-refractivity contribution in [2.45, 2.75) is 24.4 Å². The lowest BCUT2D eigenvalue weighted by atomic mass is 9.94. The number of carbonyl (C=O) groups is 1. The molecule has 17 heavy (non-hydrogen) atoms. The van der Waals surface area contributed by atoms with E-state index in [2.05, 4.69) is 0 Å². The minimum Gasteiger partial charge on any atom is -0.367 e. The third-order valence-electron chi connectivity index (χ3n) is 1.67. The van der Waals surface area contributed by atoms with Crippen LogP contribution in [0.5, 0.6) is 0 Å². The van der Waals surface area contributed by atoms with E-state index in [4.69, 9.17) is 5.11 Å². The van der Waals surface area contributed by atoms with Crippen molar-refractivity contribution in [3.8, 4) is 0 Å². The molecule has 10 heteroatoms. The maximum Gasteiger partial charge on any atom is 0.433 e. The average Bonchev–Trinajstić information content (AvgIpc) is 2.12. The van der Waals surface area contributed by atoms with Crippen LogP contribution in [0.25, 0.3) is 0 Å². The van der Waals surface area contributed by atoms with E-state index in [0.29, 0.717) is 0 Å². The molecule has 0 aliphatic carbocycles. The number of ketones is 1. The highest BCUT2D eigenvalue weighted by atomic mass is 19.4. The molecule has 0 saturated carbocycles. The zero-order chi connectivity index (χ0) is 14.1. The minimum atomic E-state index is -6.39. The van der Waals surface area contributed by atoms with Crippen molar-refractivity contribution in [3.63, 3.8) is 0 Å². The van der Waals surface area contributed by atoms with Gasteiger partial charge >= 0.3 is 18.0 Å². The number of carbonyl (C=O) groups excluding carboxylic acids is 1. The van der Waals surface area contributed by atoms with Gasteiger partial charge in [0.1, 0.15) is 12.2 Å². The number of Topliss-reactive ketones (excluding diaryl/α,β-unsaturated/α-hetero) is 1. The Labute approximate surface area is 88.5 Å². The average molecular weight is 272 g/mol. The molecular formula is C7H4F8O2. The number of alkyl halides is 6. The molecule has 0 heterocycles. The Kier molecular flexibility index (Phi) is 4.27. The fourth-order valence-corrected chi connectivity index (χ4v) is 0.797. The Morgan fingerprint density at radius 3 is 1.65 bits per heavy atom. The normalized spacial score (nSPS) is 15.0. The Hall–Kier alpha value is -1.19. The lowest BCUT2D eigenvalue weighted by molar-refractivity contribution is -0.349. The summed E-state index contributed by atoms with van der Waals surface area (Å²) in [5.74, 6) is -5.12. The van der Waals surface area contributed by atoms with E-state index in [0.717, 1.165) is 0 Å². The molecule has 1 N–H and O–H groups in total.